The Morgan fingerprint density at radius 3 is 2.63 bits per heavy atom. The molecule has 3 aromatic rings. The van der Waals surface area contributed by atoms with Crippen LogP contribution in [0.2, 0.25) is 5.02 Å². The monoisotopic (exact) mass is 559 g/mol. The van der Waals surface area contributed by atoms with Gasteiger partial charge in [0, 0.05) is 25.9 Å². The number of carboxylic acid groups (broad SMARTS) is 1. The summed E-state index contributed by atoms with van der Waals surface area (Å²) in [5.74, 6) is -1.13. The lowest BCUT2D eigenvalue weighted by Crippen LogP contribution is -2.47. The minimum atomic E-state index is -1.35. The number of hydrogen-bond donors (Lipinski definition) is 2. The van der Waals surface area contributed by atoms with E-state index in [2.05, 4.69) is 31.3 Å². The number of carbonyl (C=O) groups excluding carboxylic acids is 2. The second-order valence-electron chi connectivity index (χ2n) is 7.18. The van der Waals surface area contributed by atoms with Gasteiger partial charge in [0.2, 0.25) is 0 Å². The van der Waals surface area contributed by atoms with Gasteiger partial charge in [-0.15, -0.1) is 0 Å². The number of nitriles is 1. The summed E-state index contributed by atoms with van der Waals surface area (Å²) < 4.78 is 1.59. The molecule has 1 aromatic carbocycles. The van der Waals surface area contributed by atoms with Gasteiger partial charge in [-0.05, 0) is 59.6 Å². The topological polar surface area (TPSA) is 144 Å². The molecule has 0 saturated carbocycles. The number of benzene rings is 1. The molecule has 0 atom stereocenters. The predicted molar refractivity (Wildman–Crippen MR) is 130 cm³/mol. The first-order valence-electron chi connectivity index (χ1n) is 10.1. The Kier molecular flexibility index (Phi) is 7.73. The van der Waals surface area contributed by atoms with Crippen LogP contribution in [0.15, 0.2) is 41.1 Å². The van der Waals surface area contributed by atoms with Crippen LogP contribution in [0, 0.1) is 18.3 Å². The van der Waals surface area contributed by atoms with Crippen LogP contribution in [-0.2, 0) is 0 Å². The first-order chi connectivity index (χ1) is 16.6. The van der Waals surface area contributed by atoms with E-state index < -0.39 is 17.9 Å². The summed E-state index contributed by atoms with van der Waals surface area (Å²) in [6.07, 6.45) is 0.151. The Morgan fingerprint density at radius 1 is 1.31 bits per heavy atom. The number of nitrogens with one attached hydrogen (secondary N) is 1. The Labute approximate surface area is 213 Å². The van der Waals surface area contributed by atoms with Crippen molar-refractivity contribution in [3.63, 3.8) is 0 Å². The molecule has 13 heteroatoms. The van der Waals surface area contributed by atoms with Gasteiger partial charge in [0.05, 0.1) is 27.9 Å². The maximum absolute atomic E-state index is 13.3. The molecule has 2 heterocycles. The van der Waals surface area contributed by atoms with Crippen molar-refractivity contribution in [1.29, 1.82) is 5.26 Å². The summed E-state index contributed by atoms with van der Waals surface area (Å²) in [7, 11) is 1.22. The zero-order valence-corrected chi connectivity index (χ0v) is 21.1. The molecule has 35 heavy (non-hydrogen) atoms. The fourth-order valence-corrected chi connectivity index (χ4v) is 3.88. The number of hydrazine groups is 1. The summed E-state index contributed by atoms with van der Waals surface area (Å²) in [4.78, 5) is 42.3. The number of aryl methyl sites for hydroxylation is 1. The lowest BCUT2D eigenvalue weighted by atomic mass is 10.0. The van der Waals surface area contributed by atoms with Gasteiger partial charge in [-0.25, -0.2) is 24.5 Å². The summed E-state index contributed by atoms with van der Waals surface area (Å²) in [6.45, 7) is 3.25. The lowest BCUT2D eigenvalue weighted by molar-refractivity contribution is 0.0144. The smallest absolute Gasteiger partial charge is 0.426 e. The molecule has 0 aliphatic rings. The van der Waals surface area contributed by atoms with Crippen molar-refractivity contribution < 1.29 is 19.5 Å². The van der Waals surface area contributed by atoms with Crippen LogP contribution in [0.5, 0.6) is 0 Å². The van der Waals surface area contributed by atoms with Crippen molar-refractivity contribution in [2.24, 2.45) is 0 Å². The minimum Gasteiger partial charge on any atom is -0.464 e. The largest absolute Gasteiger partial charge is 0.464 e. The molecule has 0 saturated heterocycles. The Hall–Kier alpha value is -3.95. The normalized spacial score (nSPS) is 10.4. The van der Waals surface area contributed by atoms with Crippen molar-refractivity contribution in [3.05, 3.63) is 68.5 Å². The molecule has 2 aromatic heterocycles. The molecule has 0 fully saturated rings. The number of nitrogens with zero attached hydrogens (tertiary/aromatic N) is 6. The van der Waals surface area contributed by atoms with Crippen molar-refractivity contribution in [1.82, 2.24) is 24.8 Å². The molecule has 0 aliphatic heterocycles. The third-order valence-corrected chi connectivity index (χ3v) is 5.64. The van der Waals surface area contributed by atoms with E-state index in [1.54, 1.807) is 26.0 Å². The number of anilines is 1. The zero-order chi connectivity index (χ0) is 25.9. The van der Waals surface area contributed by atoms with Gasteiger partial charge in [0.1, 0.15) is 10.3 Å². The fraction of sp³-hybridized carbons (Fsp3) is 0.182. The number of pyridine rings is 1. The highest BCUT2D eigenvalue weighted by atomic mass is 79.9. The van der Waals surface area contributed by atoms with E-state index in [-0.39, 0.29) is 39.9 Å². The Morgan fingerprint density at radius 2 is 2.03 bits per heavy atom. The number of hydrogen-bond acceptors (Lipinski definition) is 6. The summed E-state index contributed by atoms with van der Waals surface area (Å²) in [5.41, 5.74) is 0.731. The number of rotatable bonds is 5. The average molecular weight is 561 g/mol. The highest BCUT2D eigenvalue weighted by Crippen LogP contribution is 2.27. The van der Waals surface area contributed by atoms with Gasteiger partial charge in [0.15, 0.2) is 5.82 Å². The summed E-state index contributed by atoms with van der Waals surface area (Å²) in [6, 6.07) is 9.46. The number of amides is 3. The van der Waals surface area contributed by atoms with Gasteiger partial charge in [0.25, 0.3) is 11.8 Å². The predicted octanol–water partition coefficient (Wildman–Crippen LogP) is 4.10. The highest BCUT2D eigenvalue weighted by Gasteiger charge is 2.27. The van der Waals surface area contributed by atoms with Gasteiger partial charge in [-0.1, -0.05) is 11.6 Å². The number of carbonyl (C=O) groups is 3. The van der Waals surface area contributed by atoms with E-state index in [9.17, 15) is 24.8 Å². The standard InChI is InChI=1S/C22H19BrClN7O4/c1-4-30(29(3)22(34)35)21(33)14-9-13(11-25)8-12(2)18(14)27-20(32)16-10-17(23)28-31(16)19-15(24)6-5-7-26-19/h5-10H,4H2,1-3H3,(H,27,32)(H,34,35). The van der Waals surface area contributed by atoms with E-state index in [1.807, 2.05) is 6.07 Å². The molecule has 3 amide bonds. The quantitative estimate of drug-likeness (QED) is 0.447. The van der Waals surface area contributed by atoms with E-state index in [0.29, 0.717) is 10.2 Å². The first kappa shape index (κ1) is 25.7. The first-order valence-corrected chi connectivity index (χ1v) is 11.3. The summed E-state index contributed by atoms with van der Waals surface area (Å²) in [5, 5.41) is 27.6. The second kappa shape index (κ2) is 10.5. The van der Waals surface area contributed by atoms with Crippen molar-refractivity contribution >= 4 is 51.1 Å². The SMILES string of the molecule is CCN(C(=O)c1cc(C#N)cc(C)c1NC(=O)c1cc(Br)nn1-c1ncccc1Cl)N(C)C(=O)O. The van der Waals surface area contributed by atoms with Crippen LogP contribution in [0.25, 0.3) is 5.82 Å². The molecule has 0 bridgehead atoms. The molecular formula is C22H19BrClN7O4. The average Bonchev–Trinajstić information content (AvgIpc) is 3.22. The van der Waals surface area contributed by atoms with Gasteiger partial charge >= 0.3 is 6.09 Å². The van der Waals surface area contributed by atoms with Crippen LogP contribution >= 0.6 is 27.5 Å². The molecule has 0 spiro atoms. The molecule has 2 N–H and O–H groups in total. The third kappa shape index (κ3) is 5.26. The number of halogens is 2. The Balaban J connectivity index is 2.09. The molecule has 11 nitrogen and oxygen atoms in total. The Bertz CT molecular complexity index is 1370. The fourth-order valence-electron chi connectivity index (χ4n) is 3.31. The maximum atomic E-state index is 13.3. The van der Waals surface area contributed by atoms with E-state index >= 15 is 0 Å². The molecule has 0 aliphatic carbocycles. The minimum absolute atomic E-state index is 0.0305. The zero-order valence-electron chi connectivity index (χ0n) is 18.8. The van der Waals surface area contributed by atoms with Crippen LogP contribution in [-0.4, -0.2) is 61.4 Å². The van der Waals surface area contributed by atoms with Crippen LogP contribution < -0.4 is 5.32 Å². The van der Waals surface area contributed by atoms with E-state index in [4.69, 9.17) is 11.6 Å². The van der Waals surface area contributed by atoms with E-state index in [0.717, 1.165) is 10.0 Å². The maximum Gasteiger partial charge on any atom is 0.426 e. The van der Waals surface area contributed by atoms with E-state index in [1.165, 1.54) is 36.1 Å². The summed E-state index contributed by atoms with van der Waals surface area (Å²) >= 11 is 9.48. The molecule has 180 valence electrons. The van der Waals surface area contributed by atoms with Crippen LogP contribution in [0.4, 0.5) is 10.5 Å². The number of aromatic nitrogens is 3. The van der Waals surface area contributed by atoms with Gasteiger partial charge in [-0.3, -0.25) is 9.59 Å². The van der Waals surface area contributed by atoms with Crippen molar-refractivity contribution in [2.75, 3.05) is 18.9 Å². The van der Waals surface area contributed by atoms with Crippen LogP contribution in [0.3, 0.4) is 0 Å². The van der Waals surface area contributed by atoms with Crippen LogP contribution in [0.1, 0.15) is 38.9 Å². The van der Waals surface area contributed by atoms with Gasteiger partial charge < -0.3 is 10.4 Å². The highest BCUT2D eigenvalue weighted by molar-refractivity contribution is 9.10. The third-order valence-electron chi connectivity index (χ3n) is 4.96. The molecule has 0 radical (unpaired) electrons. The van der Waals surface area contributed by atoms with Crippen molar-refractivity contribution in [3.8, 4) is 11.9 Å². The van der Waals surface area contributed by atoms with Crippen molar-refractivity contribution in [2.45, 2.75) is 13.8 Å². The second-order valence-corrected chi connectivity index (χ2v) is 8.40. The van der Waals surface area contributed by atoms with Gasteiger partial charge in [-0.2, -0.15) is 10.4 Å². The molecule has 3 rings (SSSR count). The molecule has 0 unspecified atom stereocenters. The molecular weight excluding hydrogens is 542 g/mol. The lowest BCUT2D eigenvalue weighted by Gasteiger charge is -2.29.